The predicted octanol–water partition coefficient (Wildman–Crippen LogP) is 4.85. The number of alkyl halides is 6. The number of carbonyl (C=O) groups is 1. The SMILES string of the molecule is CC(C)(C)OC(=O)CCc1cc(-c2cnc(C(F)(F)F)nc2)c(C(F)(F)F)cn1. The maximum atomic E-state index is 13.3. The highest BCUT2D eigenvalue weighted by Crippen LogP contribution is 2.37. The van der Waals surface area contributed by atoms with Crippen molar-refractivity contribution >= 4 is 5.97 Å². The Kier molecular flexibility index (Phi) is 6.19. The van der Waals surface area contributed by atoms with E-state index in [2.05, 4.69) is 15.0 Å². The van der Waals surface area contributed by atoms with Crippen LogP contribution in [0, 0.1) is 0 Å². The number of hydrogen-bond acceptors (Lipinski definition) is 5. The topological polar surface area (TPSA) is 65.0 Å². The van der Waals surface area contributed by atoms with Crippen LogP contribution >= 0.6 is 0 Å². The van der Waals surface area contributed by atoms with E-state index < -0.39 is 40.9 Å². The summed E-state index contributed by atoms with van der Waals surface area (Å²) in [6, 6.07) is 1.05. The molecular weight excluding hydrogens is 404 g/mol. The summed E-state index contributed by atoms with van der Waals surface area (Å²) in [5.41, 5.74) is -2.42. The Labute approximate surface area is 162 Å². The lowest BCUT2D eigenvalue weighted by molar-refractivity contribution is -0.154. The van der Waals surface area contributed by atoms with Crippen molar-refractivity contribution in [2.45, 2.75) is 51.6 Å². The number of ether oxygens (including phenoxy) is 1. The molecule has 2 rings (SSSR count). The molecule has 0 aliphatic heterocycles. The first-order chi connectivity index (χ1) is 13.2. The molecule has 0 N–H and O–H groups in total. The molecule has 29 heavy (non-hydrogen) atoms. The van der Waals surface area contributed by atoms with Gasteiger partial charge in [0.1, 0.15) is 5.60 Å². The Morgan fingerprint density at radius 2 is 1.52 bits per heavy atom. The third kappa shape index (κ3) is 6.40. The van der Waals surface area contributed by atoms with E-state index in [0.29, 0.717) is 18.6 Å². The van der Waals surface area contributed by atoms with Gasteiger partial charge in [0.2, 0.25) is 5.82 Å². The number of carbonyl (C=O) groups excluding carboxylic acids is 1. The van der Waals surface area contributed by atoms with E-state index in [-0.39, 0.29) is 24.1 Å². The van der Waals surface area contributed by atoms with E-state index in [4.69, 9.17) is 4.74 Å². The summed E-state index contributed by atoms with van der Waals surface area (Å²) >= 11 is 0. The van der Waals surface area contributed by atoms with Gasteiger partial charge in [0.15, 0.2) is 0 Å². The van der Waals surface area contributed by atoms with E-state index in [1.807, 2.05) is 0 Å². The highest BCUT2D eigenvalue weighted by Gasteiger charge is 2.36. The molecule has 0 atom stereocenters. The lowest BCUT2D eigenvalue weighted by Gasteiger charge is -2.19. The Bertz CT molecular complexity index is 871. The first-order valence-corrected chi connectivity index (χ1v) is 8.34. The molecule has 158 valence electrons. The number of esters is 1. The third-order valence-corrected chi connectivity index (χ3v) is 3.49. The summed E-state index contributed by atoms with van der Waals surface area (Å²) in [5.74, 6) is -2.02. The number of pyridine rings is 1. The van der Waals surface area contributed by atoms with Crippen LogP contribution in [0.5, 0.6) is 0 Å². The molecule has 0 radical (unpaired) electrons. The van der Waals surface area contributed by atoms with Gasteiger partial charge in [-0.25, -0.2) is 9.97 Å². The monoisotopic (exact) mass is 421 g/mol. The molecule has 0 spiro atoms. The number of aryl methyl sites for hydroxylation is 1. The molecule has 0 saturated carbocycles. The van der Waals surface area contributed by atoms with Gasteiger partial charge in [-0.1, -0.05) is 0 Å². The molecule has 0 amide bonds. The van der Waals surface area contributed by atoms with E-state index in [9.17, 15) is 31.1 Å². The van der Waals surface area contributed by atoms with Gasteiger partial charge in [0.05, 0.1) is 12.0 Å². The fourth-order valence-electron chi connectivity index (χ4n) is 2.34. The Hall–Kier alpha value is -2.72. The quantitative estimate of drug-likeness (QED) is 0.522. The van der Waals surface area contributed by atoms with Gasteiger partial charge in [0, 0.05) is 41.8 Å². The largest absolute Gasteiger partial charge is 0.460 e. The van der Waals surface area contributed by atoms with Gasteiger partial charge in [-0.3, -0.25) is 9.78 Å². The minimum absolute atomic E-state index is 0.0124. The molecule has 0 bridgehead atoms. The number of rotatable bonds is 4. The Balaban J connectivity index is 2.34. The van der Waals surface area contributed by atoms with Crippen LogP contribution in [-0.4, -0.2) is 26.5 Å². The maximum absolute atomic E-state index is 13.3. The number of halogens is 6. The molecule has 2 aromatic heterocycles. The molecule has 11 heteroatoms. The summed E-state index contributed by atoms with van der Waals surface area (Å²) < 4.78 is 82.8. The second kappa shape index (κ2) is 7.96. The minimum Gasteiger partial charge on any atom is -0.460 e. The van der Waals surface area contributed by atoms with Crippen LogP contribution in [0.15, 0.2) is 24.7 Å². The minimum atomic E-state index is -4.82. The smallest absolute Gasteiger partial charge is 0.451 e. The Morgan fingerprint density at radius 3 is 2.00 bits per heavy atom. The first-order valence-electron chi connectivity index (χ1n) is 8.34. The lowest BCUT2D eigenvalue weighted by Crippen LogP contribution is -2.24. The average molecular weight is 421 g/mol. The van der Waals surface area contributed by atoms with Crippen molar-refractivity contribution in [1.82, 2.24) is 15.0 Å². The highest BCUT2D eigenvalue weighted by atomic mass is 19.4. The lowest BCUT2D eigenvalue weighted by atomic mass is 10.0. The van der Waals surface area contributed by atoms with Gasteiger partial charge >= 0.3 is 18.3 Å². The second-order valence-electron chi connectivity index (χ2n) is 7.10. The normalized spacial score (nSPS) is 12.7. The van der Waals surface area contributed by atoms with Crippen molar-refractivity contribution in [1.29, 1.82) is 0 Å². The van der Waals surface area contributed by atoms with Crippen LogP contribution in [0.1, 0.15) is 44.3 Å². The molecule has 0 saturated heterocycles. The predicted molar refractivity (Wildman–Crippen MR) is 89.4 cm³/mol. The molecule has 0 aliphatic rings. The summed E-state index contributed by atoms with van der Waals surface area (Å²) in [7, 11) is 0. The van der Waals surface area contributed by atoms with Crippen molar-refractivity contribution in [2.24, 2.45) is 0 Å². The first kappa shape index (κ1) is 22.6. The summed E-state index contributed by atoms with van der Waals surface area (Å²) in [4.78, 5) is 21.7. The van der Waals surface area contributed by atoms with Crippen molar-refractivity contribution in [3.63, 3.8) is 0 Å². The molecule has 2 aromatic rings. The zero-order chi connectivity index (χ0) is 22.0. The van der Waals surface area contributed by atoms with Gasteiger partial charge < -0.3 is 4.74 Å². The summed E-state index contributed by atoms with van der Waals surface area (Å²) in [6.07, 6.45) is -7.86. The van der Waals surface area contributed by atoms with E-state index in [1.54, 1.807) is 20.8 Å². The van der Waals surface area contributed by atoms with Crippen LogP contribution < -0.4 is 0 Å². The molecule has 2 heterocycles. The van der Waals surface area contributed by atoms with Crippen LogP contribution in [0.4, 0.5) is 26.3 Å². The van der Waals surface area contributed by atoms with Gasteiger partial charge in [-0.15, -0.1) is 0 Å². The number of aromatic nitrogens is 3. The molecular formula is C18H17F6N3O2. The van der Waals surface area contributed by atoms with Crippen LogP contribution in [0.3, 0.4) is 0 Å². The average Bonchev–Trinajstić information content (AvgIpc) is 2.57. The zero-order valence-corrected chi connectivity index (χ0v) is 15.6. The van der Waals surface area contributed by atoms with E-state index >= 15 is 0 Å². The number of nitrogens with zero attached hydrogens (tertiary/aromatic N) is 3. The van der Waals surface area contributed by atoms with Crippen molar-refractivity contribution in [3.05, 3.63) is 41.7 Å². The third-order valence-electron chi connectivity index (χ3n) is 3.49. The van der Waals surface area contributed by atoms with Crippen LogP contribution in [0.25, 0.3) is 11.1 Å². The standard InChI is InChI=1S/C18H17F6N3O2/c1-16(2,3)29-14(28)5-4-11-6-12(13(9-25-11)17(19,20)21)10-7-26-15(27-8-10)18(22,23)24/h6-9H,4-5H2,1-3H3. The van der Waals surface area contributed by atoms with Gasteiger partial charge in [0.25, 0.3) is 0 Å². The summed E-state index contributed by atoms with van der Waals surface area (Å²) in [6.45, 7) is 5.01. The molecule has 0 aliphatic carbocycles. The van der Waals surface area contributed by atoms with Crippen LogP contribution in [0.2, 0.25) is 0 Å². The molecule has 0 fully saturated rings. The second-order valence-corrected chi connectivity index (χ2v) is 7.10. The van der Waals surface area contributed by atoms with Crippen LogP contribution in [-0.2, 0) is 28.3 Å². The van der Waals surface area contributed by atoms with E-state index in [0.717, 1.165) is 6.07 Å². The Morgan fingerprint density at radius 1 is 0.931 bits per heavy atom. The molecule has 0 aromatic carbocycles. The van der Waals surface area contributed by atoms with Gasteiger partial charge in [-0.2, -0.15) is 26.3 Å². The van der Waals surface area contributed by atoms with Crippen molar-refractivity contribution in [3.8, 4) is 11.1 Å². The number of hydrogen-bond donors (Lipinski definition) is 0. The summed E-state index contributed by atoms with van der Waals surface area (Å²) in [5, 5.41) is 0. The van der Waals surface area contributed by atoms with Gasteiger partial charge in [-0.05, 0) is 26.8 Å². The van der Waals surface area contributed by atoms with E-state index in [1.165, 1.54) is 0 Å². The van der Waals surface area contributed by atoms with Crippen molar-refractivity contribution in [2.75, 3.05) is 0 Å². The maximum Gasteiger partial charge on any atom is 0.451 e. The molecule has 5 nitrogen and oxygen atoms in total. The fourth-order valence-corrected chi connectivity index (χ4v) is 2.34. The van der Waals surface area contributed by atoms with Crippen molar-refractivity contribution < 1.29 is 35.9 Å². The fraction of sp³-hybridized carbons (Fsp3) is 0.444. The highest BCUT2D eigenvalue weighted by molar-refractivity contribution is 5.70. The zero-order valence-electron chi connectivity index (χ0n) is 15.6. The molecule has 0 unspecified atom stereocenters.